The van der Waals surface area contributed by atoms with E-state index < -0.39 is 0 Å². The zero-order valence-corrected chi connectivity index (χ0v) is 12.6. The Balaban J connectivity index is 1.83. The van der Waals surface area contributed by atoms with Crippen LogP contribution in [0.15, 0.2) is 0 Å². The van der Waals surface area contributed by atoms with Gasteiger partial charge in [-0.15, -0.1) is 5.10 Å². The van der Waals surface area contributed by atoms with Gasteiger partial charge in [-0.25, -0.2) is 4.68 Å². The maximum atomic E-state index is 9.36. The van der Waals surface area contributed by atoms with E-state index in [4.69, 9.17) is 0 Å². The Labute approximate surface area is 120 Å². The zero-order chi connectivity index (χ0) is 14.4. The predicted molar refractivity (Wildman–Crippen MR) is 76.1 cm³/mol. The summed E-state index contributed by atoms with van der Waals surface area (Å²) < 4.78 is 1.90. The zero-order valence-electron chi connectivity index (χ0n) is 12.6. The van der Waals surface area contributed by atoms with E-state index in [9.17, 15) is 5.11 Å². The van der Waals surface area contributed by atoms with Gasteiger partial charge in [0, 0.05) is 38.8 Å². The van der Waals surface area contributed by atoms with Crippen molar-refractivity contribution >= 4 is 0 Å². The molecule has 2 rings (SSSR count). The van der Waals surface area contributed by atoms with Crippen molar-refractivity contribution in [1.82, 2.24) is 30.0 Å². The molecule has 1 atom stereocenters. The van der Waals surface area contributed by atoms with Gasteiger partial charge < -0.3 is 5.11 Å². The molecule has 1 aromatic rings. The highest BCUT2D eigenvalue weighted by Gasteiger charge is 2.23. The Morgan fingerprint density at radius 1 is 1.20 bits per heavy atom. The molecule has 1 saturated heterocycles. The summed E-state index contributed by atoms with van der Waals surface area (Å²) in [6.07, 6.45) is 2.05. The molecule has 0 aliphatic carbocycles. The normalized spacial score (nSPS) is 19.4. The first-order valence-electron chi connectivity index (χ1n) is 7.60. The molecule has 0 bridgehead atoms. The van der Waals surface area contributed by atoms with Gasteiger partial charge in [-0.2, -0.15) is 0 Å². The highest BCUT2D eigenvalue weighted by Crippen LogP contribution is 2.11. The number of nitrogens with zero attached hydrogens (tertiary/aromatic N) is 6. The molecule has 1 aliphatic heterocycles. The lowest BCUT2D eigenvalue weighted by Crippen LogP contribution is -2.51. The maximum Gasteiger partial charge on any atom is 0.165 e. The van der Waals surface area contributed by atoms with Gasteiger partial charge in [0.05, 0.1) is 13.2 Å². The quantitative estimate of drug-likeness (QED) is 0.757. The van der Waals surface area contributed by atoms with Gasteiger partial charge in [-0.1, -0.05) is 13.8 Å². The molecule has 0 amide bonds. The van der Waals surface area contributed by atoms with E-state index in [1.54, 1.807) is 0 Å². The predicted octanol–water partition coefficient (Wildman–Crippen LogP) is -0.0284. The summed E-state index contributed by atoms with van der Waals surface area (Å²) in [4.78, 5) is 4.77. The van der Waals surface area contributed by atoms with E-state index in [0.717, 1.165) is 57.9 Å². The third-order valence-electron chi connectivity index (χ3n) is 4.01. The van der Waals surface area contributed by atoms with E-state index in [2.05, 4.69) is 39.2 Å². The fraction of sp³-hybridized carbons (Fsp3) is 0.923. The van der Waals surface area contributed by atoms with Crippen molar-refractivity contribution in [1.29, 1.82) is 0 Å². The summed E-state index contributed by atoms with van der Waals surface area (Å²) in [7, 11) is 0. The van der Waals surface area contributed by atoms with Crippen LogP contribution < -0.4 is 0 Å². The third kappa shape index (κ3) is 3.74. The second kappa shape index (κ2) is 7.66. The number of aryl methyl sites for hydroxylation is 1. The molecular formula is C13H26N6O. The molecule has 0 saturated carbocycles. The monoisotopic (exact) mass is 282 g/mol. The molecule has 1 fully saturated rings. The van der Waals surface area contributed by atoms with Crippen LogP contribution in [0.3, 0.4) is 0 Å². The van der Waals surface area contributed by atoms with Crippen molar-refractivity contribution in [3.8, 4) is 0 Å². The topological polar surface area (TPSA) is 70.3 Å². The number of hydrogen-bond acceptors (Lipinski definition) is 6. The van der Waals surface area contributed by atoms with E-state index in [-0.39, 0.29) is 6.61 Å². The minimum atomic E-state index is 0.255. The Hall–Kier alpha value is -1.05. The molecule has 7 heteroatoms. The van der Waals surface area contributed by atoms with Crippen LogP contribution >= 0.6 is 0 Å². The smallest absolute Gasteiger partial charge is 0.165 e. The summed E-state index contributed by atoms with van der Waals surface area (Å²) in [5.74, 6) is 0.953. The molecule has 0 aromatic carbocycles. The van der Waals surface area contributed by atoms with Crippen LogP contribution in [0.1, 0.15) is 32.5 Å². The molecule has 114 valence electrons. The summed E-state index contributed by atoms with van der Waals surface area (Å²) in [5.41, 5.74) is 0. The SMILES string of the molecule is CCCn1nnnc1CN1CCN(C(CC)CO)CC1. The van der Waals surface area contributed by atoms with Crippen molar-refractivity contribution in [3.05, 3.63) is 5.82 Å². The van der Waals surface area contributed by atoms with Crippen LogP contribution in [0.25, 0.3) is 0 Å². The summed E-state index contributed by atoms with van der Waals surface area (Å²) in [6, 6.07) is 0.308. The first-order valence-corrected chi connectivity index (χ1v) is 7.60. The second-order valence-corrected chi connectivity index (χ2v) is 5.38. The summed E-state index contributed by atoms with van der Waals surface area (Å²) >= 11 is 0. The lowest BCUT2D eigenvalue weighted by atomic mass is 10.1. The van der Waals surface area contributed by atoms with Gasteiger partial charge in [-0.05, 0) is 23.3 Å². The first-order chi connectivity index (χ1) is 9.78. The van der Waals surface area contributed by atoms with Crippen LogP contribution in [-0.4, -0.2) is 73.9 Å². The summed E-state index contributed by atoms with van der Waals surface area (Å²) in [5, 5.41) is 21.3. The van der Waals surface area contributed by atoms with Crippen molar-refractivity contribution in [2.24, 2.45) is 0 Å². The van der Waals surface area contributed by atoms with Crippen molar-refractivity contribution in [2.45, 2.75) is 45.8 Å². The Bertz CT molecular complexity index is 384. The van der Waals surface area contributed by atoms with E-state index in [1.165, 1.54) is 0 Å². The molecule has 1 unspecified atom stereocenters. The minimum Gasteiger partial charge on any atom is -0.395 e. The number of piperazine rings is 1. The molecule has 1 aliphatic rings. The summed E-state index contributed by atoms with van der Waals surface area (Å²) in [6.45, 7) is 10.2. The molecule has 7 nitrogen and oxygen atoms in total. The van der Waals surface area contributed by atoms with Crippen LogP contribution in [0.4, 0.5) is 0 Å². The van der Waals surface area contributed by atoms with Crippen LogP contribution in [0, 0.1) is 0 Å². The largest absolute Gasteiger partial charge is 0.395 e. The maximum absolute atomic E-state index is 9.36. The highest BCUT2D eigenvalue weighted by atomic mass is 16.3. The van der Waals surface area contributed by atoms with Gasteiger partial charge in [0.15, 0.2) is 5.82 Å². The number of aromatic nitrogens is 4. The van der Waals surface area contributed by atoms with Gasteiger partial charge in [0.1, 0.15) is 0 Å². The minimum absolute atomic E-state index is 0.255. The molecule has 1 N–H and O–H groups in total. The lowest BCUT2D eigenvalue weighted by Gasteiger charge is -2.38. The molecular weight excluding hydrogens is 256 g/mol. The third-order valence-corrected chi connectivity index (χ3v) is 4.01. The second-order valence-electron chi connectivity index (χ2n) is 5.38. The van der Waals surface area contributed by atoms with Crippen LogP contribution in [0.2, 0.25) is 0 Å². The standard InChI is InChI=1S/C13H26N6O/c1-3-5-19-13(14-15-16-19)10-17-6-8-18(9-7-17)12(4-2)11-20/h12,20H,3-11H2,1-2H3. The van der Waals surface area contributed by atoms with Gasteiger partial charge >= 0.3 is 0 Å². The van der Waals surface area contributed by atoms with Crippen molar-refractivity contribution in [2.75, 3.05) is 32.8 Å². The van der Waals surface area contributed by atoms with Crippen molar-refractivity contribution < 1.29 is 5.11 Å². The lowest BCUT2D eigenvalue weighted by molar-refractivity contribution is 0.0593. The fourth-order valence-corrected chi connectivity index (χ4v) is 2.71. The van der Waals surface area contributed by atoms with E-state index >= 15 is 0 Å². The van der Waals surface area contributed by atoms with Crippen LogP contribution in [0.5, 0.6) is 0 Å². The van der Waals surface area contributed by atoms with Gasteiger partial charge in [0.2, 0.25) is 0 Å². The van der Waals surface area contributed by atoms with E-state index in [0.29, 0.717) is 6.04 Å². The molecule has 20 heavy (non-hydrogen) atoms. The average molecular weight is 282 g/mol. The van der Waals surface area contributed by atoms with Crippen molar-refractivity contribution in [3.63, 3.8) is 0 Å². The average Bonchev–Trinajstić information content (AvgIpc) is 2.90. The number of tetrazole rings is 1. The van der Waals surface area contributed by atoms with Crippen LogP contribution in [-0.2, 0) is 13.1 Å². The number of hydrogen-bond donors (Lipinski definition) is 1. The Morgan fingerprint density at radius 2 is 1.95 bits per heavy atom. The highest BCUT2D eigenvalue weighted by molar-refractivity contribution is 4.84. The molecule has 1 aromatic heterocycles. The first kappa shape index (κ1) is 15.3. The Kier molecular flexibility index (Phi) is 5.87. The van der Waals surface area contributed by atoms with Gasteiger partial charge in [0.25, 0.3) is 0 Å². The van der Waals surface area contributed by atoms with Gasteiger partial charge in [-0.3, -0.25) is 9.80 Å². The number of aliphatic hydroxyl groups excluding tert-OH is 1. The molecule has 0 radical (unpaired) electrons. The number of rotatable bonds is 7. The fourth-order valence-electron chi connectivity index (χ4n) is 2.71. The molecule has 0 spiro atoms. The Morgan fingerprint density at radius 3 is 2.55 bits per heavy atom. The number of aliphatic hydroxyl groups is 1. The van der Waals surface area contributed by atoms with E-state index in [1.807, 2.05) is 4.68 Å². The molecule has 2 heterocycles.